The molecule has 1 aliphatic heterocycles. The van der Waals surface area contributed by atoms with Gasteiger partial charge in [0.05, 0.1) is 18.4 Å². The van der Waals surface area contributed by atoms with Crippen molar-refractivity contribution in [1.82, 2.24) is 19.9 Å². The summed E-state index contributed by atoms with van der Waals surface area (Å²) in [5, 5.41) is 0. The van der Waals surface area contributed by atoms with Gasteiger partial charge in [0.25, 0.3) is 0 Å². The smallest absolute Gasteiger partial charge is 0.233 e. The number of rotatable bonds is 3. The molecule has 1 aliphatic carbocycles. The number of likely N-dealkylation sites (tertiary alicyclic amines) is 1. The molecular weight excluding hydrogens is 284 g/mol. The van der Waals surface area contributed by atoms with Crippen LogP contribution in [0.4, 0.5) is 11.9 Å². The van der Waals surface area contributed by atoms with Gasteiger partial charge in [0.1, 0.15) is 0 Å². The summed E-state index contributed by atoms with van der Waals surface area (Å²) in [7, 11) is 3.57. The molecule has 3 rings (SSSR count). The van der Waals surface area contributed by atoms with E-state index in [2.05, 4.69) is 15.0 Å². The topological polar surface area (TPSA) is 105 Å². The van der Waals surface area contributed by atoms with E-state index in [1.54, 1.807) is 19.0 Å². The molecule has 0 bridgehead atoms. The molecule has 2 atom stereocenters. The maximum absolute atomic E-state index is 12.4. The van der Waals surface area contributed by atoms with E-state index in [0.717, 1.165) is 0 Å². The van der Waals surface area contributed by atoms with Gasteiger partial charge in [0, 0.05) is 14.1 Å². The molecule has 2 aliphatic rings. The van der Waals surface area contributed by atoms with Gasteiger partial charge in [-0.1, -0.05) is 12.2 Å². The molecule has 8 heteroatoms. The summed E-state index contributed by atoms with van der Waals surface area (Å²) in [5.74, 6) is 0.0153. The number of carbonyl (C=O) groups is 2. The number of aromatic nitrogens is 3. The summed E-state index contributed by atoms with van der Waals surface area (Å²) in [6, 6.07) is 0. The lowest BCUT2D eigenvalue weighted by atomic mass is 9.85. The second-order valence-corrected chi connectivity index (χ2v) is 5.72. The van der Waals surface area contributed by atoms with Crippen LogP contribution in [-0.2, 0) is 16.1 Å². The normalized spacial score (nSPS) is 23.8. The number of nitrogens with two attached hydrogens (primary N) is 1. The van der Waals surface area contributed by atoms with E-state index in [4.69, 9.17) is 5.73 Å². The first-order valence-electron chi connectivity index (χ1n) is 7.15. The van der Waals surface area contributed by atoms with Crippen molar-refractivity contribution in [2.45, 2.75) is 19.4 Å². The summed E-state index contributed by atoms with van der Waals surface area (Å²) < 4.78 is 0. The molecule has 8 nitrogen and oxygen atoms in total. The van der Waals surface area contributed by atoms with E-state index in [0.29, 0.717) is 24.6 Å². The lowest BCUT2D eigenvalue weighted by Gasteiger charge is -2.15. The van der Waals surface area contributed by atoms with Crippen molar-refractivity contribution in [2.24, 2.45) is 11.8 Å². The van der Waals surface area contributed by atoms with Crippen molar-refractivity contribution in [1.29, 1.82) is 0 Å². The fourth-order valence-corrected chi connectivity index (χ4v) is 2.86. The van der Waals surface area contributed by atoms with Gasteiger partial charge in [-0.25, -0.2) is 0 Å². The highest BCUT2D eigenvalue weighted by Crippen LogP contribution is 2.35. The van der Waals surface area contributed by atoms with Crippen LogP contribution in [0.2, 0.25) is 0 Å². The van der Waals surface area contributed by atoms with Crippen molar-refractivity contribution >= 4 is 23.7 Å². The van der Waals surface area contributed by atoms with E-state index >= 15 is 0 Å². The van der Waals surface area contributed by atoms with Gasteiger partial charge in [0.15, 0.2) is 5.82 Å². The van der Waals surface area contributed by atoms with Crippen LogP contribution in [-0.4, -0.2) is 45.8 Å². The lowest BCUT2D eigenvalue weighted by molar-refractivity contribution is -0.140. The molecule has 22 heavy (non-hydrogen) atoms. The fourth-order valence-electron chi connectivity index (χ4n) is 2.86. The number of nitrogens with zero attached hydrogens (tertiary/aromatic N) is 5. The minimum atomic E-state index is -0.245. The number of imide groups is 1. The molecule has 0 radical (unpaired) electrons. The molecule has 2 heterocycles. The first-order valence-corrected chi connectivity index (χ1v) is 7.15. The third-order valence-corrected chi connectivity index (χ3v) is 3.99. The fraction of sp³-hybridized carbons (Fsp3) is 0.500. The number of hydrogen-bond acceptors (Lipinski definition) is 7. The number of anilines is 2. The van der Waals surface area contributed by atoms with Gasteiger partial charge >= 0.3 is 0 Å². The Balaban J connectivity index is 1.84. The zero-order valence-electron chi connectivity index (χ0n) is 12.6. The van der Waals surface area contributed by atoms with E-state index in [1.165, 1.54) is 4.90 Å². The standard InChI is InChI=1S/C14H18N6O2/c1-19(2)14-17-10(16-13(15)18-14)7-20-11(21)8-5-3-4-6-9(8)12(20)22/h3-4,8-9H,5-7H2,1-2H3,(H2,15,16,17,18)/t8-,9+. The van der Waals surface area contributed by atoms with Gasteiger partial charge in [0.2, 0.25) is 23.7 Å². The highest BCUT2D eigenvalue weighted by Gasteiger charge is 2.47. The number of fused-ring (bicyclic) bond motifs is 1. The van der Waals surface area contributed by atoms with Crippen molar-refractivity contribution < 1.29 is 9.59 Å². The molecule has 116 valence electrons. The number of carbonyl (C=O) groups excluding carboxylic acids is 2. The van der Waals surface area contributed by atoms with Crippen LogP contribution >= 0.6 is 0 Å². The Bertz CT molecular complexity index is 631. The quantitative estimate of drug-likeness (QED) is 0.617. The van der Waals surface area contributed by atoms with E-state index < -0.39 is 0 Å². The van der Waals surface area contributed by atoms with E-state index in [9.17, 15) is 9.59 Å². The molecule has 2 amide bonds. The van der Waals surface area contributed by atoms with Gasteiger partial charge < -0.3 is 10.6 Å². The zero-order valence-corrected chi connectivity index (χ0v) is 12.6. The van der Waals surface area contributed by atoms with Crippen molar-refractivity contribution in [2.75, 3.05) is 24.7 Å². The van der Waals surface area contributed by atoms with Crippen LogP contribution in [0.15, 0.2) is 12.2 Å². The monoisotopic (exact) mass is 302 g/mol. The third kappa shape index (κ3) is 2.40. The molecule has 0 spiro atoms. The molecule has 0 aromatic carbocycles. The summed E-state index contributed by atoms with van der Waals surface area (Å²) in [6.45, 7) is 0.0399. The second-order valence-electron chi connectivity index (χ2n) is 5.72. The molecule has 0 saturated carbocycles. The first kappa shape index (κ1) is 14.4. The minimum Gasteiger partial charge on any atom is -0.368 e. The van der Waals surface area contributed by atoms with Crippen LogP contribution in [0.5, 0.6) is 0 Å². The van der Waals surface area contributed by atoms with Crippen molar-refractivity contribution in [3.05, 3.63) is 18.0 Å². The molecule has 1 aromatic rings. The predicted molar refractivity (Wildman–Crippen MR) is 79.5 cm³/mol. The van der Waals surface area contributed by atoms with E-state index in [1.807, 2.05) is 12.2 Å². The Morgan fingerprint density at radius 2 is 1.73 bits per heavy atom. The number of allylic oxidation sites excluding steroid dienone is 2. The Kier molecular flexibility index (Phi) is 3.51. The van der Waals surface area contributed by atoms with Crippen LogP contribution in [0.25, 0.3) is 0 Å². The van der Waals surface area contributed by atoms with Crippen LogP contribution < -0.4 is 10.6 Å². The maximum Gasteiger partial charge on any atom is 0.233 e. The lowest BCUT2D eigenvalue weighted by Crippen LogP contribution is -2.31. The Morgan fingerprint density at radius 3 is 2.27 bits per heavy atom. The molecule has 2 N–H and O–H groups in total. The molecule has 1 aromatic heterocycles. The largest absolute Gasteiger partial charge is 0.368 e. The second kappa shape index (κ2) is 5.36. The third-order valence-electron chi connectivity index (χ3n) is 3.99. The average Bonchev–Trinajstić information content (AvgIpc) is 2.72. The Hall–Kier alpha value is -2.51. The summed E-state index contributed by atoms with van der Waals surface area (Å²) >= 11 is 0. The Morgan fingerprint density at radius 1 is 1.14 bits per heavy atom. The van der Waals surface area contributed by atoms with Crippen molar-refractivity contribution in [3.8, 4) is 0 Å². The molecule has 1 fully saturated rings. The van der Waals surface area contributed by atoms with Gasteiger partial charge in [-0.15, -0.1) is 0 Å². The first-order chi connectivity index (χ1) is 10.5. The summed E-state index contributed by atoms with van der Waals surface area (Å²) in [5.41, 5.74) is 5.67. The van der Waals surface area contributed by atoms with Gasteiger partial charge in [-0.05, 0) is 12.8 Å². The van der Waals surface area contributed by atoms with Crippen LogP contribution in [0.3, 0.4) is 0 Å². The van der Waals surface area contributed by atoms with E-state index in [-0.39, 0.29) is 36.1 Å². The molecule has 0 unspecified atom stereocenters. The predicted octanol–water partition coefficient (Wildman–Crippen LogP) is -0.0290. The number of hydrogen-bond donors (Lipinski definition) is 1. The number of nitrogen functional groups attached to an aromatic ring is 1. The van der Waals surface area contributed by atoms with Crippen molar-refractivity contribution in [3.63, 3.8) is 0 Å². The Labute approximate surface area is 128 Å². The zero-order chi connectivity index (χ0) is 15.9. The average molecular weight is 302 g/mol. The van der Waals surface area contributed by atoms with Gasteiger partial charge in [-0.2, -0.15) is 15.0 Å². The summed E-state index contributed by atoms with van der Waals surface area (Å²) in [4.78, 5) is 40.1. The summed E-state index contributed by atoms with van der Waals surface area (Å²) in [6.07, 6.45) is 5.16. The van der Waals surface area contributed by atoms with Crippen LogP contribution in [0.1, 0.15) is 18.7 Å². The van der Waals surface area contributed by atoms with Gasteiger partial charge in [-0.3, -0.25) is 14.5 Å². The number of amides is 2. The maximum atomic E-state index is 12.4. The molecular formula is C14H18N6O2. The minimum absolute atomic E-state index is 0.0399. The molecule has 1 saturated heterocycles. The highest BCUT2D eigenvalue weighted by atomic mass is 16.2. The SMILES string of the molecule is CN(C)c1nc(N)nc(CN2C(=O)[C@H]3CC=CC[C@H]3C2=O)n1. The van der Waals surface area contributed by atoms with Crippen LogP contribution in [0, 0.1) is 11.8 Å². The highest BCUT2D eigenvalue weighted by molar-refractivity contribution is 6.05.